The van der Waals surface area contributed by atoms with Crippen molar-refractivity contribution in [3.05, 3.63) is 53.4 Å². The van der Waals surface area contributed by atoms with Crippen molar-refractivity contribution in [1.29, 1.82) is 0 Å². The molecule has 0 fully saturated rings. The Labute approximate surface area is 196 Å². The standard InChI is InChI=1S/C23H17N7O3S/c1-2-18(31)25-17-10-16(12-5-3-4-6-13(12)21(17)32)28-26-11-7-8-15-14(9-11)19-20(29-27-15)22(23(24)33)34-30-19/h3-10,32H,2H2,1H3,(H2,24,33)(H,25,31). The molecule has 2 amide bonds. The van der Waals surface area contributed by atoms with Crippen LogP contribution < -0.4 is 11.1 Å². The number of aromatic nitrogens is 3. The summed E-state index contributed by atoms with van der Waals surface area (Å²) in [4.78, 5) is 23.8. The molecule has 4 N–H and O–H groups in total. The molecule has 0 atom stereocenters. The van der Waals surface area contributed by atoms with E-state index in [2.05, 4.69) is 30.1 Å². The molecule has 0 aliphatic rings. The molecule has 10 nitrogen and oxygen atoms in total. The first-order valence-electron chi connectivity index (χ1n) is 10.3. The van der Waals surface area contributed by atoms with Crippen LogP contribution in [0.25, 0.3) is 32.7 Å². The molecule has 0 spiro atoms. The molecular weight excluding hydrogens is 454 g/mol. The molecule has 0 radical (unpaired) electrons. The Kier molecular flexibility index (Phi) is 5.30. The topological polar surface area (TPSA) is 156 Å². The minimum absolute atomic E-state index is 0.0307. The summed E-state index contributed by atoms with van der Waals surface area (Å²) >= 11 is 0.974. The minimum atomic E-state index is -0.609. The molecule has 3 aromatic carbocycles. The zero-order valence-electron chi connectivity index (χ0n) is 17.8. The zero-order chi connectivity index (χ0) is 23.8. The zero-order valence-corrected chi connectivity index (χ0v) is 18.6. The summed E-state index contributed by atoms with van der Waals surface area (Å²) in [7, 11) is 0. The molecule has 0 saturated heterocycles. The van der Waals surface area contributed by atoms with Gasteiger partial charge < -0.3 is 16.2 Å². The lowest BCUT2D eigenvalue weighted by molar-refractivity contribution is -0.115. The number of carbonyl (C=O) groups excluding carboxylic acids is 2. The Morgan fingerprint density at radius 2 is 1.82 bits per heavy atom. The molecule has 5 rings (SSSR count). The highest BCUT2D eigenvalue weighted by Crippen LogP contribution is 2.40. The second kappa shape index (κ2) is 8.45. The van der Waals surface area contributed by atoms with Gasteiger partial charge in [-0.2, -0.15) is 9.49 Å². The van der Waals surface area contributed by atoms with E-state index in [0.29, 0.717) is 44.1 Å². The fraction of sp³-hybridized carbons (Fsp3) is 0.0870. The molecule has 34 heavy (non-hydrogen) atoms. The highest BCUT2D eigenvalue weighted by Gasteiger charge is 2.16. The van der Waals surface area contributed by atoms with Crippen molar-refractivity contribution in [1.82, 2.24) is 14.6 Å². The van der Waals surface area contributed by atoms with Gasteiger partial charge in [0, 0.05) is 22.6 Å². The van der Waals surface area contributed by atoms with Gasteiger partial charge in [-0.15, -0.1) is 15.3 Å². The monoisotopic (exact) mass is 471 g/mol. The summed E-state index contributed by atoms with van der Waals surface area (Å²) in [5, 5.41) is 32.2. The first kappa shape index (κ1) is 21.3. The number of amides is 2. The average molecular weight is 472 g/mol. The molecule has 2 heterocycles. The van der Waals surface area contributed by atoms with Gasteiger partial charge in [0.05, 0.1) is 22.6 Å². The van der Waals surface area contributed by atoms with Gasteiger partial charge in [-0.3, -0.25) is 9.59 Å². The largest absolute Gasteiger partial charge is 0.505 e. The van der Waals surface area contributed by atoms with Crippen LogP contribution in [0.5, 0.6) is 5.75 Å². The molecule has 0 aliphatic heterocycles. The lowest BCUT2D eigenvalue weighted by Gasteiger charge is -2.11. The van der Waals surface area contributed by atoms with E-state index < -0.39 is 5.91 Å². The van der Waals surface area contributed by atoms with Gasteiger partial charge in [-0.05, 0) is 35.8 Å². The van der Waals surface area contributed by atoms with E-state index in [9.17, 15) is 14.7 Å². The van der Waals surface area contributed by atoms with E-state index >= 15 is 0 Å². The number of anilines is 1. The van der Waals surface area contributed by atoms with E-state index in [1.165, 1.54) is 0 Å². The Balaban J connectivity index is 1.61. The summed E-state index contributed by atoms with van der Waals surface area (Å²) in [6, 6.07) is 14.0. The fourth-order valence-corrected chi connectivity index (χ4v) is 4.23. The van der Waals surface area contributed by atoms with Gasteiger partial charge >= 0.3 is 0 Å². The number of rotatable bonds is 5. The number of fused-ring (bicyclic) bond motifs is 4. The van der Waals surface area contributed by atoms with Crippen LogP contribution in [0.3, 0.4) is 0 Å². The van der Waals surface area contributed by atoms with Crippen LogP contribution in [-0.2, 0) is 4.79 Å². The fourth-order valence-electron chi connectivity index (χ4n) is 3.55. The normalized spacial score (nSPS) is 11.6. The predicted octanol–water partition coefficient (Wildman–Crippen LogP) is 4.96. The number of azo groups is 1. The van der Waals surface area contributed by atoms with Crippen molar-refractivity contribution in [2.45, 2.75) is 13.3 Å². The number of hydrogen-bond acceptors (Lipinski definition) is 9. The third kappa shape index (κ3) is 3.67. The predicted molar refractivity (Wildman–Crippen MR) is 130 cm³/mol. The Morgan fingerprint density at radius 3 is 2.59 bits per heavy atom. The van der Waals surface area contributed by atoms with Crippen LogP contribution in [0.1, 0.15) is 23.0 Å². The Hall–Kier alpha value is -4.51. The van der Waals surface area contributed by atoms with Crippen molar-refractivity contribution < 1.29 is 14.7 Å². The molecular formula is C23H17N7O3S. The highest BCUT2D eigenvalue weighted by atomic mass is 32.1. The van der Waals surface area contributed by atoms with E-state index in [1.54, 1.807) is 43.3 Å². The number of phenolic OH excluding ortho intramolecular Hbond substituents is 1. The van der Waals surface area contributed by atoms with Crippen LogP contribution in [0, 0.1) is 0 Å². The first-order chi connectivity index (χ1) is 16.5. The van der Waals surface area contributed by atoms with Crippen molar-refractivity contribution >= 4 is 73.1 Å². The molecule has 0 bridgehead atoms. The Bertz CT molecular complexity index is 1640. The number of aromatic hydroxyl groups is 1. The summed E-state index contributed by atoms with van der Waals surface area (Å²) in [5.41, 5.74) is 8.11. The highest BCUT2D eigenvalue weighted by molar-refractivity contribution is 7.09. The number of nitrogens with two attached hydrogens (primary N) is 1. The summed E-state index contributed by atoms with van der Waals surface area (Å²) in [6.45, 7) is 1.73. The maximum absolute atomic E-state index is 11.9. The summed E-state index contributed by atoms with van der Waals surface area (Å²) in [5.74, 6) is -0.870. The lowest BCUT2D eigenvalue weighted by atomic mass is 10.1. The number of phenols is 1. The van der Waals surface area contributed by atoms with Gasteiger partial charge in [0.2, 0.25) is 5.91 Å². The van der Waals surface area contributed by atoms with Gasteiger partial charge in [-0.25, -0.2) is 0 Å². The number of nitrogens with one attached hydrogen (secondary N) is 1. The van der Waals surface area contributed by atoms with Gasteiger partial charge in [0.15, 0.2) is 0 Å². The number of primary amides is 1. The number of nitrogens with zero attached hydrogens (tertiary/aromatic N) is 5. The van der Waals surface area contributed by atoms with Gasteiger partial charge in [0.1, 0.15) is 21.7 Å². The molecule has 168 valence electrons. The number of hydrogen-bond donors (Lipinski definition) is 3. The first-order valence-corrected chi connectivity index (χ1v) is 11.1. The van der Waals surface area contributed by atoms with Crippen LogP contribution in [0.4, 0.5) is 17.1 Å². The van der Waals surface area contributed by atoms with E-state index in [1.807, 2.05) is 12.1 Å². The quantitative estimate of drug-likeness (QED) is 0.243. The van der Waals surface area contributed by atoms with Crippen molar-refractivity contribution in [3.8, 4) is 5.75 Å². The van der Waals surface area contributed by atoms with E-state index in [-0.39, 0.29) is 28.6 Å². The number of benzene rings is 3. The Morgan fingerprint density at radius 1 is 1.03 bits per heavy atom. The van der Waals surface area contributed by atoms with Crippen molar-refractivity contribution in [3.63, 3.8) is 0 Å². The second-order valence-electron chi connectivity index (χ2n) is 7.41. The second-order valence-corrected chi connectivity index (χ2v) is 8.19. The maximum Gasteiger partial charge on any atom is 0.262 e. The van der Waals surface area contributed by atoms with E-state index in [4.69, 9.17) is 5.73 Å². The van der Waals surface area contributed by atoms with Crippen LogP contribution >= 0.6 is 11.5 Å². The number of carbonyl (C=O) groups is 2. The molecule has 0 aliphatic carbocycles. The lowest BCUT2D eigenvalue weighted by Crippen LogP contribution is -2.09. The summed E-state index contributed by atoms with van der Waals surface area (Å²) in [6.07, 6.45) is 0.270. The maximum atomic E-state index is 11.9. The molecule has 0 saturated carbocycles. The smallest absolute Gasteiger partial charge is 0.262 e. The molecule has 5 aromatic rings. The van der Waals surface area contributed by atoms with Crippen LogP contribution in [-0.4, -0.2) is 31.5 Å². The van der Waals surface area contributed by atoms with Crippen molar-refractivity contribution in [2.75, 3.05) is 5.32 Å². The van der Waals surface area contributed by atoms with Crippen LogP contribution in [0.2, 0.25) is 0 Å². The molecule has 11 heteroatoms. The SMILES string of the molecule is CCC(=O)Nc1cc(N=Nc2ccc3nnc4c(C(N)=O)snc4c3c2)c2ccccc2c1O. The third-order valence-corrected chi connectivity index (χ3v) is 6.10. The van der Waals surface area contributed by atoms with Gasteiger partial charge in [-0.1, -0.05) is 31.2 Å². The third-order valence-electron chi connectivity index (χ3n) is 5.25. The molecule has 2 aromatic heterocycles. The van der Waals surface area contributed by atoms with Gasteiger partial charge in [0.25, 0.3) is 5.91 Å². The van der Waals surface area contributed by atoms with Crippen LogP contribution in [0.15, 0.2) is 58.8 Å². The summed E-state index contributed by atoms with van der Waals surface area (Å²) < 4.78 is 4.32. The van der Waals surface area contributed by atoms with Crippen molar-refractivity contribution in [2.24, 2.45) is 16.0 Å². The average Bonchev–Trinajstić information content (AvgIpc) is 3.30. The molecule has 0 unspecified atom stereocenters. The minimum Gasteiger partial charge on any atom is -0.505 e. The van der Waals surface area contributed by atoms with E-state index in [0.717, 1.165) is 11.5 Å².